The number of aliphatic hydroxyl groups excluding tert-OH is 6. The number of aliphatic hydroxyl groups is 6. The predicted molar refractivity (Wildman–Crippen MR) is 214 cm³/mol. The van der Waals surface area contributed by atoms with Crippen LogP contribution in [-0.2, 0) is 14.3 Å². The zero-order valence-corrected chi connectivity index (χ0v) is 34.0. The van der Waals surface area contributed by atoms with Crippen LogP contribution in [0, 0.1) is 5.82 Å². The van der Waals surface area contributed by atoms with Gasteiger partial charge >= 0.3 is 0 Å². The Morgan fingerprint density at radius 2 is 1.25 bits per heavy atom. The molecule has 1 aromatic carbocycles. The second-order valence-corrected chi connectivity index (χ2v) is 15.6. The highest BCUT2D eigenvalue weighted by Gasteiger charge is 2.44. The smallest absolute Gasteiger partial charge is 0.251 e. The van der Waals surface area contributed by atoms with Crippen LogP contribution < -0.4 is 10.6 Å². The Kier molecular flexibility index (Phi) is 27.4. The molecule has 0 bridgehead atoms. The summed E-state index contributed by atoms with van der Waals surface area (Å²) in [6, 6.07) is 4.46. The van der Waals surface area contributed by atoms with E-state index in [0.29, 0.717) is 24.9 Å². The monoisotopic (exact) mass is 799 g/mol. The van der Waals surface area contributed by atoms with Crippen LogP contribution in [-0.4, -0.2) is 111 Å². The maximum atomic E-state index is 13.0. The molecule has 0 aromatic heterocycles. The highest BCUT2D eigenvalue weighted by Crippen LogP contribution is 2.23. The molecule has 2 rings (SSSR count). The third-order valence-corrected chi connectivity index (χ3v) is 10.8. The fraction of sp³-hybridized carbons (Fsp3) is 0.814. The van der Waals surface area contributed by atoms with Crippen molar-refractivity contribution in [3.63, 3.8) is 0 Å². The first-order valence-corrected chi connectivity index (χ1v) is 21.7. The molecule has 324 valence electrons. The number of amides is 2. The maximum Gasteiger partial charge on any atom is 0.251 e. The van der Waals surface area contributed by atoms with Gasteiger partial charge in [0.25, 0.3) is 5.91 Å². The molecular weight excluding hydrogens is 723 g/mol. The number of nitrogens with one attached hydrogen (secondary N) is 2. The molecule has 12 nitrogen and oxygen atoms in total. The van der Waals surface area contributed by atoms with Crippen LogP contribution >= 0.6 is 0 Å². The number of hydrogen-bond acceptors (Lipinski definition) is 10. The maximum absolute atomic E-state index is 13.0. The van der Waals surface area contributed by atoms with Crippen molar-refractivity contribution < 1.29 is 54.1 Å². The van der Waals surface area contributed by atoms with Crippen LogP contribution in [0.25, 0.3) is 0 Å². The molecule has 1 fully saturated rings. The summed E-state index contributed by atoms with van der Waals surface area (Å²) in [5.74, 6) is -0.880. The molecule has 13 heteroatoms. The molecule has 1 aromatic rings. The highest BCUT2D eigenvalue weighted by atomic mass is 19.1. The quantitative estimate of drug-likeness (QED) is 0.0416. The SMILES string of the molecule is CCCCCCCCCCCCCCC(O)C(O)C(CO[C@H]1O[C@H](CO)[C@H](O)[C@H](O)[C@H]1O)NC(=O)CCCCCCCCCCCNC(=O)c1ccc(F)cc1. The second-order valence-electron chi connectivity index (χ2n) is 15.6. The number of halogens is 1. The Morgan fingerprint density at radius 3 is 1.80 bits per heavy atom. The summed E-state index contributed by atoms with van der Waals surface area (Å²) in [4.78, 5) is 25.1. The van der Waals surface area contributed by atoms with Gasteiger partial charge in [-0.15, -0.1) is 0 Å². The van der Waals surface area contributed by atoms with Crippen molar-refractivity contribution in [2.24, 2.45) is 0 Å². The van der Waals surface area contributed by atoms with Gasteiger partial charge in [-0.2, -0.15) is 0 Å². The molecule has 56 heavy (non-hydrogen) atoms. The molecule has 2 amide bonds. The summed E-state index contributed by atoms with van der Waals surface area (Å²) in [6.45, 7) is 1.84. The minimum atomic E-state index is -1.63. The lowest BCUT2D eigenvalue weighted by Gasteiger charge is -2.40. The van der Waals surface area contributed by atoms with E-state index in [-0.39, 0.29) is 30.7 Å². The van der Waals surface area contributed by atoms with Crippen molar-refractivity contribution in [2.45, 2.75) is 204 Å². The highest BCUT2D eigenvalue weighted by molar-refractivity contribution is 5.94. The van der Waals surface area contributed by atoms with Gasteiger partial charge in [0, 0.05) is 18.5 Å². The number of carbonyl (C=O) groups excluding carboxylic acids is 2. The third-order valence-electron chi connectivity index (χ3n) is 10.8. The summed E-state index contributed by atoms with van der Waals surface area (Å²) in [7, 11) is 0. The van der Waals surface area contributed by atoms with E-state index in [1.165, 1.54) is 75.6 Å². The molecule has 1 saturated heterocycles. The van der Waals surface area contributed by atoms with Gasteiger partial charge in [0.1, 0.15) is 36.3 Å². The number of rotatable bonds is 33. The molecule has 0 saturated carbocycles. The van der Waals surface area contributed by atoms with E-state index in [1.807, 2.05) is 0 Å². The molecule has 0 radical (unpaired) electrons. The summed E-state index contributed by atoms with van der Waals surface area (Å²) < 4.78 is 24.1. The number of benzene rings is 1. The van der Waals surface area contributed by atoms with Crippen LogP contribution in [0.5, 0.6) is 0 Å². The van der Waals surface area contributed by atoms with Crippen LogP contribution in [0.3, 0.4) is 0 Å². The lowest BCUT2D eigenvalue weighted by Crippen LogP contribution is -2.60. The van der Waals surface area contributed by atoms with Crippen LogP contribution in [0.1, 0.15) is 165 Å². The van der Waals surface area contributed by atoms with E-state index in [0.717, 1.165) is 77.0 Å². The lowest BCUT2D eigenvalue weighted by atomic mass is 9.98. The lowest BCUT2D eigenvalue weighted by molar-refractivity contribution is -0.303. The first-order chi connectivity index (χ1) is 27.1. The predicted octanol–water partition coefficient (Wildman–Crippen LogP) is 5.57. The summed E-state index contributed by atoms with van der Waals surface area (Å²) in [6.07, 6.45) is 13.4. The summed E-state index contributed by atoms with van der Waals surface area (Å²) >= 11 is 0. The van der Waals surface area contributed by atoms with Gasteiger partial charge in [-0.05, 0) is 43.5 Å². The average molecular weight is 799 g/mol. The number of ether oxygens (including phenoxy) is 2. The molecule has 8 atom stereocenters. The fourth-order valence-electron chi connectivity index (χ4n) is 7.09. The minimum Gasteiger partial charge on any atom is -0.394 e. The zero-order chi connectivity index (χ0) is 41.0. The number of unbranched alkanes of at least 4 members (excludes halogenated alkanes) is 19. The molecule has 0 aliphatic carbocycles. The van der Waals surface area contributed by atoms with E-state index in [9.17, 15) is 44.6 Å². The van der Waals surface area contributed by atoms with Crippen LogP contribution in [0.15, 0.2) is 24.3 Å². The van der Waals surface area contributed by atoms with Crippen LogP contribution in [0.4, 0.5) is 4.39 Å². The topological polar surface area (TPSA) is 198 Å². The fourth-order valence-corrected chi connectivity index (χ4v) is 7.09. The van der Waals surface area contributed by atoms with Crippen molar-refractivity contribution >= 4 is 11.8 Å². The molecule has 1 aliphatic heterocycles. The van der Waals surface area contributed by atoms with E-state index in [2.05, 4.69) is 17.6 Å². The molecule has 8 N–H and O–H groups in total. The number of carbonyl (C=O) groups is 2. The molecule has 3 unspecified atom stereocenters. The Balaban J connectivity index is 1.68. The van der Waals surface area contributed by atoms with Gasteiger partial charge in [-0.1, -0.05) is 129 Å². The molecule has 1 heterocycles. The first-order valence-electron chi connectivity index (χ1n) is 21.7. The van der Waals surface area contributed by atoms with E-state index < -0.39 is 55.6 Å². The van der Waals surface area contributed by atoms with Gasteiger partial charge in [-0.3, -0.25) is 9.59 Å². The zero-order valence-electron chi connectivity index (χ0n) is 34.0. The molecular formula is C43H75FN2O10. The Labute approximate surface area is 335 Å². The van der Waals surface area contributed by atoms with Gasteiger partial charge in [0.15, 0.2) is 6.29 Å². The normalized spacial score (nSPS) is 21.4. The van der Waals surface area contributed by atoms with Gasteiger partial charge in [0.05, 0.1) is 25.4 Å². The van der Waals surface area contributed by atoms with Gasteiger partial charge < -0.3 is 50.7 Å². The van der Waals surface area contributed by atoms with E-state index >= 15 is 0 Å². The van der Waals surface area contributed by atoms with Gasteiger partial charge in [0.2, 0.25) is 5.91 Å². The van der Waals surface area contributed by atoms with Crippen molar-refractivity contribution in [3.8, 4) is 0 Å². The minimum absolute atomic E-state index is 0.200. The second kappa shape index (κ2) is 30.8. The number of hydrogen-bond donors (Lipinski definition) is 8. The Hall–Kier alpha value is -2.23. The molecule has 1 aliphatic rings. The third kappa shape index (κ3) is 21.0. The first kappa shape index (κ1) is 49.9. The van der Waals surface area contributed by atoms with Crippen molar-refractivity contribution in [3.05, 3.63) is 35.6 Å². The Morgan fingerprint density at radius 1 is 0.732 bits per heavy atom. The van der Waals surface area contributed by atoms with Gasteiger partial charge in [-0.25, -0.2) is 4.39 Å². The van der Waals surface area contributed by atoms with Crippen LogP contribution in [0.2, 0.25) is 0 Å². The summed E-state index contributed by atoms with van der Waals surface area (Å²) in [5, 5.41) is 67.8. The molecule has 0 spiro atoms. The van der Waals surface area contributed by atoms with Crippen molar-refractivity contribution in [1.82, 2.24) is 10.6 Å². The van der Waals surface area contributed by atoms with Crippen molar-refractivity contribution in [1.29, 1.82) is 0 Å². The largest absolute Gasteiger partial charge is 0.394 e. The Bertz CT molecular complexity index is 1150. The van der Waals surface area contributed by atoms with E-state index in [1.54, 1.807) is 0 Å². The average Bonchev–Trinajstić information content (AvgIpc) is 3.19. The van der Waals surface area contributed by atoms with Crippen molar-refractivity contribution in [2.75, 3.05) is 19.8 Å². The standard InChI is InChI=1S/C43H75FN2O10/c1-2-3-4-5-6-7-8-9-11-14-17-20-23-35(48)38(50)34(31-55-43-41(53)40(52)39(51)36(30-47)56-43)46-37(49)24-21-18-15-12-10-13-16-19-22-29-45-42(54)32-25-27-33(44)28-26-32/h25-28,34-36,38-41,43,47-48,50-53H,2-24,29-31H2,1H3,(H,45,54)(H,46,49)/t34?,35?,36-,38?,39+,40+,41-,43+/m1/s1. The summed E-state index contributed by atoms with van der Waals surface area (Å²) in [5.41, 5.74) is 0.446. The van der Waals surface area contributed by atoms with E-state index in [4.69, 9.17) is 9.47 Å².